The van der Waals surface area contributed by atoms with E-state index in [1.807, 2.05) is 0 Å². The summed E-state index contributed by atoms with van der Waals surface area (Å²) in [5, 5.41) is 5.74. The maximum Gasteiger partial charge on any atom is 0.315 e. The van der Waals surface area contributed by atoms with E-state index >= 15 is 0 Å². The molecule has 0 aromatic heterocycles. The van der Waals surface area contributed by atoms with Gasteiger partial charge in [0.1, 0.15) is 6.61 Å². The van der Waals surface area contributed by atoms with Crippen molar-refractivity contribution in [2.75, 3.05) is 32.8 Å². The lowest BCUT2D eigenvalue weighted by Gasteiger charge is -2.26. The Balaban J connectivity index is 1.59. The lowest BCUT2D eigenvalue weighted by atomic mass is 10.2. The summed E-state index contributed by atoms with van der Waals surface area (Å²) in [6.07, 6.45) is 4.56. The first-order valence-electron chi connectivity index (χ1n) is 6.65. The molecule has 0 aromatic rings. The van der Waals surface area contributed by atoms with E-state index in [-0.39, 0.29) is 18.5 Å². The molecule has 0 unspecified atom stereocenters. The monoisotopic (exact) mass is 255 g/mol. The minimum absolute atomic E-state index is 0.000693. The molecule has 0 aromatic carbocycles. The van der Waals surface area contributed by atoms with Crippen LogP contribution in [-0.2, 0) is 9.53 Å². The van der Waals surface area contributed by atoms with E-state index in [1.54, 1.807) is 4.90 Å². The van der Waals surface area contributed by atoms with Gasteiger partial charge in [-0.2, -0.15) is 0 Å². The maximum absolute atomic E-state index is 11.6. The molecule has 18 heavy (non-hydrogen) atoms. The molecule has 6 nitrogen and oxygen atoms in total. The number of hydrogen-bond donors (Lipinski definition) is 2. The smallest absolute Gasteiger partial charge is 0.315 e. The number of nitrogens with one attached hydrogen (secondary N) is 2. The summed E-state index contributed by atoms with van der Waals surface area (Å²) in [5.74, 6) is -0.000693. The lowest BCUT2D eigenvalue weighted by molar-refractivity contribution is -0.142. The molecule has 1 aliphatic carbocycles. The Morgan fingerprint density at radius 1 is 1.39 bits per heavy atom. The number of amides is 3. The predicted molar refractivity (Wildman–Crippen MR) is 66.2 cm³/mol. The lowest BCUT2D eigenvalue weighted by Crippen LogP contribution is -2.47. The summed E-state index contributed by atoms with van der Waals surface area (Å²) in [6.45, 7) is 2.41. The fraction of sp³-hybridized carbons (Fsp3) is 0.833. The van der Waals surface area contributed by atoms with Crippen LogP contribution in [0.25, 0.3) is 0 Å². The summed E-state index contributed by atoms with van der Waals surface area (Å²) in [7, 11) is 0. The summed E-state index contributed by atoms with van der Waals surface area (Å²) >= 11 is 0. The zero-order valence-corrected chi connectivity index (χ0v) is 10.6. The van der Waals surface area contributed by atoms with Gasteiger partial charge in [0.2, 0.25) is 5.91 Å². The van der Waals surface area contributed by atoms with Crippen LogP contribution < -0.4 is 10.6 Å². The number of hydrogen-bond acceptors (Lipinski definition) is 3. The van der Waals surface area contributed by atoms with Crippen molar-refractivity contribution in [2.45, 2.75) is 31.7 Å². The van der Waals surface area contributed by atoms with Crippen LogP contribution in [0.2, 0.25) is 0 Å². The molecule has 0 spiro atoms. The molecule has 1 heterocycles. The minimum Gasteiger partial charge on any atom is -0.370 e. The molecule has 102 valence electrons. The van der Waals surface area contributed by atoms with Gasteiger partial charge in [0.05, 0.1) is 6.61 Å². The van der Waals surface area contributed by atoms with Crippen molar-refractivity contribution >= 4 is 11.9 Å². The first-order valence-corrected chi connectivity index (χ1v) is 6.65. The van der Waals surface area contributed by atoms with Crippen molar-refractivity contribution in [3.8, 4) is 0 Å². The zero-order chi connectivity index (χ0) is 12.8. The number of carbonyl (C=O) groups is 2. The Morgan fingerprint density at radius 3 is 2.89 bits per heavy atom. The first kappa shape index (κ1) is 13.1. The fourth-order valence-electron chi connectivity index (χ4n) is 2.40. The van der Waals surface area contributed by atoms with Gasteiger partial charge in [0.15, 0.2) is 0 Å². The fourth-order valence-corrected chi connectivity index (χ4v) is 2.40. The molecular weight excluding hydrogens is 234 g/mol. The highest BCUT2D eigenvalue weighted by atomic mass is 16.5. The van der Waals surface area contributed by atoms with Gasteiger partial charge in [0.25, 0.3) is 0 Å². The molecule has 0 bridgehead atoms. The quantitative estimate of drug-likeness (QED) is 0.748. The van der Waals surface area contributed by atoms with Gasteiger partial charge in [-0.05, 0) is 12.8 Å². The van der Waals surface area contributed by atoms with Crippen LogP contribution in [0.5, 0.6) is 0 Å². The summed E-state index contributed by atoms with van der Waals surface area (Å²) in [4.78, 5) is 24.7. The van der Waals surface area contributed by atoms with Gasteiger partial charge < -0.3 is 20.3 Å². The van der Waals surface area contributed by atoms with Gasteiger partial charge in [-0.15, -0.1) is 0 Å². The van der Waals surface area contributed by atoms with Crippen LogP contribution in [-0.4, -0.2) is 55.7 Å². The molecule has 2 N–H and O–H groups in total. The van der Waals surface area contributed by atoms with Crippen molar-refractivity contribution in [1.29, 1.82) is 0 Å². The third-order valence-corrected chi connectivity index (χ3v) is 3.44. The van der Waals surface area contributed by atoms with Gasteiger partial charge in [-0.1, -0.05) is 12.8 Å². The Bertz CT molecular complexity index is 303. The Kier molecular flexibility index (Phi) is 4.81. The van der Waals surface area contributed by atoms with Gasteiger partial charge in [-0.25, -0.2) is 4.79 Å². The van der Waals surface area contributed by atoms with E-state index in [2.05, 4.69) is 10.6 Å². The Morgan fingerprint density at radius 2 is 2.17 bits per heavy atom. The standard InChI is InChI=1S/C12H21N3O3/c16-11-9-18-8-7-15(11)6-5-13-12(17)14-10-3-1-2-4-10/h10H,1-9H2,(H2,13,14,17). The SMILES string of the molecule is O=C(NCCN1CCOCC1=O)NC1CCCC1. The predicted octanol–water partition coefficient (Wildman–Crippen LogP) is 0.0870. The van der Waals surface area contributed by atoms with Crippen molar-refractivity contribution in [3.63, 3.8) is 0 Å². The van der Waals surface area contributed by atoms with E-state index in [1.165, 1.54) is 12.8 Å². The molecule has 2 aliphatic rings. The van der Waals surface area contributed by atoms with Crippen LogP contribution in [0.4, 0.5) is 4.79 Å². The van der Waals surface area contributed by atoms with Gasteiger partial charge in [0, 0.05) is 25.7 Å². The third-order valence-electron chi connectivity index (χ3n) is 3.44. The van der Waals surface area contributed by atoms with E-state index in [9.17, 15) is 9.59 Å². The average Bonchev–Trinajstić information content (AvgIpc) is 2.84. The van der Waals surface area contributed by atoms with Crippen molar-refractivity contribution < 1.29 is 14.3 Å². The molecule has 2 fully saturated rings. The van der Waals surface area contributed by atoms with E-state index in [0.29, 0.717) is 32.3 Å². The number of rotatable bonds is 4. The third kappa shape index (κ3) is 3.87. The second kappa shape index (κ2) is 6.58. The summed E-state index contributed by atoms with van der Waals surface area (Å²) in [6, 6.07) is 0.206. The second-order valence-electron chi connectivity index (χ2n) is 4.81. The molecule has 3 amide bonds. The van der Waals surface area contributed by atoms with E-state index in [0.717, 1.165) is 12.8 Å². The largest absolute Gasteiger partial charge is 0.370 e. The van der Waals surface area contributed by atoms with Crippen LogP contribution in [0.3, 0.4) is 0 Å². The van der Waals surface area contributed by atoms with Crippen molar-refractivity contribution in [1.82, 2.24) is 15.5 Å². The molecule has 1 saturated heterocycles. The van der Waals surface area contributed by atoms with E-state index < -0.39 is 0 Å². The van der Waals surface area contributed by atoms with Crippen LogP contribution in [0.1, 0.15) is 25.7 Å². The number of morpholine rings is 1. The first-order chi connectivity index (χ1) is 8.75. The average molecular weight is 255 g/mol. The molecule has 1 aliphatic heterocycles. The van der Waals surface area contributed by atoms with Crippen LogP contribution >= 0.6 is 0 Å². The normalized spacial score (nSPS) is 21.1. The number of ether oxygens (including phenoxy) is 1. The summed E-state index contributed by atoms with van der Waals surface area (Å²) < 4.78 is 5.04. The molecule has 0 atom stereocenters. The Hall–Kier alpha value is -1.30. The second-order valence-corrected chi connectivity index (χ2v) is 4.81. The number of nitrogens with zero attached hydrogens (tertiary/aromatic N) is 1. The molecule has 2 rings (SSSR count). The molecule has 0 radical (unpaired) electrons. The minimum atomic E-state index is -0.123. The van der Waals surface area contributed by atoms with Crippen molar-refractivity contribution in [2.24, 2.45) is 0 Å². The van der Waals surface area contributed by atoms with Crippen molar-refractivity contribution in [3.05, 3.63) is 0 Å². The van der Waals surface area contributed by atoms with E-state index in [4.69, 9.17) is 4.74 Å². The van der Waals surface area contributed by atoms with Crippen LogP contribution in [0, 0.1) is 0 Å². The van der Waals surface area contributed by atoms with Gasteiger partial charge in [-0.3, -0.25) is 4.79 Å². The number of carbonyl (C=O) groups excluding carboxylic acids is 2. The molecule has 1 saturated carbocycles. The maximum atomic E-state index is 11.6. The topological polar surface area (TPSA) is 70.7 Å². The molecule has 6 heteroatoms. The highest BCUT2D eigenvalue weighted by Crippen LogP contribution is 2.17. The molecular formula is C12H21N3O3. The van der Waals surface area contributed by atoms with Crippen LogP contribution in [0.15, 0.2) is 0 Å². The highest BCUT2D eigenvalue weighted by molar-refractivity contribution is 5.78. The Labute approximate surface area is 107 Å². The number of urea groups is 1. The zero-order valence-electron chi connectivity index (χ0n) is 10.6. The summed E-state index contributed by atoms with van der Waals surface area (Å²) in [5.41, 5.74) is 0. The van der Waals surface area contributed by atoms with Gasteiger partial charge >= 0.3 is 6.03 Å². The highest BCUT2D eigenvalue weighted by Gasteiger charge is 2.19.